The van der Waals surface area contributed by atoms with Crippen LogP contribution in [0.3, 0.4) is 0 Å². The normalized spacial score (nSPS) is 10.1. The summed E-state index contributed by atoms with van der Waals surface area (Å²) >= 11 is 0. The van der Waals surface area contributed by atoms with Crippen LogP contribution >= 0.6 is 0 Å². The molecule has 0 heterocycles. The second-order valence-corrected chi connectivity index (χ2v) is 4.41. The Morgan fingerprint density at radius 3 is 2.61 bits per heavy atom. The van der Waals surface area contributed by atoms with Gasteiger partial charge in [-0.1, -0.05) is 30.3 Å². The van der Waals surface area contributed by atoms with Gasteiger partial charge in [-0.3, -0.25) is 0 Å². The van der Waals surface area contributed by atoms with Gasteiger partial charge < -0.3 is 10.1 Å². The Labute approximate surface area is 109 Å². The summed E-state index contributed by atoms with van der Waals surface area (Å²) in [6, 6.07) is 16.4. The van der Waals surface area contributed by atoms with Gasteiger partial charge in [0.05, 0.1) is 0 Å². The summed E-state index contributed by atoms with van der Waals surface area (Å²) in [6.45, 7) is 5.62. The minimum absolute atomic E-state index is 0.665. The number of benzene rings is 2. The molecule has 0 aromatic heterocycles. The van der Waals surface area contributed by atoms with E-state index >= 15 is 0 Å². The Morgan fingerprint density at radius 1 is 1.00 bits per heavy atom. The molecule has 0 aliphatic heterocycles. The Bertz CT molecular complexity index is 508. The lowest BCUT2D eigenvalue weighted by Crippen LogP contribution is -2.11. The number of hydrogen-bond donors (Lipinski definition) is 1. The summed E-state index contributed by atoms with van der Waals surface area (Å²) in [5.41, 5.74) is 3.58. The van der Waals surface area contributed by atoms with Crippen molar-refractivity contribution in [3.63, 3.8) is 0 Å². The van der Waals surface area contributed by atoms with Gasteiger partial charge in [0.15, 0.2) is 0 Å². The largest absolute Gasteiger partial charge is 0.491 e. The van der Waals surface area contributed by atoms with Crippen LogP contribution in [0.4, 0.5) is 5.69 Å². The van der Waals surface area contributed by atoms with Gasteiger partial charge in [-0.2, -0.15) is 0 Å². The molecule has 2 heteroatoms. The zero-order chi connectivity index (χ0) is 12.8. The third-order valence-electron chi connectivity index (χ3n) is 2.80. The molecule has 94 valence electrons. The maximum absolute atomic E-state index is 5.73. The lowest BCUT2D eigenvalue weighted by atomic mass is 10.2. The van der Waals surface area contributed by atoms with E-state index in [2.05, 4.69) is 49.5 Å². The summed E-state index contributed by atoms with van der Waals surface area (Å²) in [5.74, 6) is 0.962. The maximum atomic E-state index is 5.73. The van der Waals surface area contributed by atoms with E-state index in [1.165, 1.54) is 11.1 Å². The number of para-hydroxylation sites is 1. The summed E-state index contributed by atoms with van der Waals surface area (Å²) in [4.78, 5) is 0. The van der Waals surface area contributed by atoms with Crippen LogP contribution in [-0.4, -0.2) is 13.2 Å². The van der Waals surface area contributed by atoms with Crippen LogP contribution in [-0.2, 0) is 0 Å². The Balaban J connectivity index is 1.78. The number of ether oxygens (including phenoxy) is 1. The predicted octanol–water partition coefficient (Wildman–Crippen LogP) is 3.79. The van der Waals surface area contributed by atoms with E-state index in [0.29, 0.717) is 6.61 Å². The molecule has 1 N–H and O–H groups in total. The van der Waals surface area contributed by atoms with Gasteiger partial charge in [-0.25, -0.2) is 0 Å². The standard InChI is InChI=1S/C16H19NO/c1-13-6-5-8-15(12-13)17-10-11-18-16-9-4-3-7-14(16)2/h3-9,12,17H,10-11H2,1-2H3. The first kappa shape index (κ1) is 12.5. The highest BCUT2D eigenvalue weighted by Crippen LogP contribution is 2.16. The van der Waals surface area contributed by atoms with Crippen LogP contribution in [0.2, 0.25) is 0 Å². The number of aryl methyl sites for hydroxylation is 2. The number of rotatable bonds is 5. The zero-order valence-electron chi connectivity index (χ0n) is 10.9. The highest BCUT2D eigenvalue weighted by Gasteiger charge is 1.97. The van der Waals surface area contributed by atoms with Crippen molar-refractivity contribution in [2.75, 3.05) is 18.5 Å². The average Bonchev–Trinajstić information content (AvgIpc) is 2.37. The van der Waals surface area contributed by atoms with Crippen molar-refractivity contribution in [3.05, 3.63) is 59.7 Å². The van der Waals surface area contributed by atoms with Gasteiger partial charge in [-0.15, -0.1) is 0 Å². The summed E-state index contributed by atoms with van der Waals surface area (Å²) in [7, 11) is 0. The first-order valence-electron chi connectivity index (χ1n) is 6.25. The molecule has 0 unspecified atom stereocenters. The van der Waals surface area contributed by atoms with Gasteiger partial charge in [0, 0.05) is 12.2 Å². The molecule has 0 aliphatic rings. The molecule has 18 heavy (non-hydrogen) atoms. The van der Waals surface area contributed by atoms with Crippen molar-refractivity contribution >= 4 is 5.69 Å². The third kappa shape index (κ3) is 3.52. The molecular formula is C16H19NO. The summed E-state index contributed by atoms with van der Waals surface area (Å²) in [6.07, 6.45) is 0. The summed E-state index contributed by atoms with van der Waals surface area (Å²) in [5, 5.41) is 3.35. The molecule has 0 aliphatic carbocycles. The van der Waals surface area contributed by atoms with E-state index < -0.39 is 0 Å². The fourth-order valence-corrected chi connectivity index (χ4v) is 1.83. The Morgan fingerprint density at radius 2 is 1.83 bits per heavy atom. The maximum Gasteiger partial charge on any atom is 0.122 e. The predicted molar refractivity (Wildman–Crippen MR) is 76.3 cm³/mol. The highest BCUT2D eigenvalue weighted by atomic mass is 16.5. The van der Waals surface area contributed by atoms with E-state index in [9.17, 15) is 0 Å². The molecule has 2 aromatic carbocycles. The lowest BCUT2D eigenvalue weighted by molar-refractivity contribution is 0.330. The van der Waals surface area contributed by atoms with E-state index in [0.717, 1.165) is 18.0 Å². The van der Waals surface area contributed by atoms with E-state index in [4.69, 9.17) is 4.74 Å². The van der Waals surface area contributed by atoms with Crippen molar-refractivity contribution in [1.82, 2.24) is 0 Å². The van der Waals surface area contributed by atoms with Crippen molar-refractivity contribution < 1.29 is 4.74 Å². The molecule has 0 fully saturated rings. The van der Waals surface area contributed by atoms with Crippen molar-refractivity contribution in [1.29, 1.82) is 0 Å². The monoisotopic (exact) mass is 241 g/mol. The van der Waals surface area contributed by atoms with Gasteiger partial charge in [0.2, 0.25) is 0 Å². The van der Waals surface area contributed by atoms with Crippen LogP contribution in [0.5, 0.6) is 5.75 Å². The number of nitrogens with one attached hydrogen (secondary N) is 1. The van der Waals surface area contributed by atoms with E-state index in [-0.39, 0.29) is 0 Å². The van der Waals surface area contributed by atoms with Gasteiger partial charge in [0.1, 0.15) is 12.4 Å². The first-order chi connectivity index (χ1) is 8.75. The molecular weight excluding hydrogens is 222 g/mol. The van der Waals surface area contributed by atoms with Crippen molar-refractivity contribution in [2.45, 2.75) is 13.8 Å². The SMILES string of the molecule is Cc1cccc(NCCOc2ccccc2C)c1. The second-order valence-electron chi connectivity index (χ2n) is 4.41. The van der Waals surface area contributed by atoms with Crippen LogP contribution < -0.4 is 10.1 Å². The van der Waals surface area contributed by atoms with Crippen LogP contribution in [0.1, 0.15) is 11.1 Å². The van der Waals surface area contributed by atoms with E-state index in [1.54, 1.807) is 0 Å². The average molecular weight is 241 g/mol. The molecule has 0 radical (unpaired) electrons. The quantitative estimate of drug-likeness (QED) is 0.804. The minimum atomic E-state index is 0.665. The fraction of sp³-hybridized carbons (Fsp3) is 0.250. The second kappa shape index (κ2) is 6.10. The molecule has 0 bridgehead atoms. The minimum Gasteiger partial charge on any atom is -0.491 e. The molecule has 0 amide bonds. The molecule has 2 nitrogen and oxygen atoms in total. The van der Waals surface area contributed by atoms with Crippen LogP contribution in [0.25, 0.3) is 0 Å². The summed E-state index contributed by atoms with van der Waals surface area (Å²) < 4.78 is 5.73. The van der Waals surface area contributed by atoms with Crippen LogP contribution in [0, 0.1) is 13.8 Å². The Hall–Kier alpha value is -1.96. The lowest BCUT2D eigenvalue weighted by Gasteiger charge is -2.10. The highest BCUT2D eigenvalue weighted by molar-refractivity contribution is 5.45. The van der Waals surface area contributed by atoms with Crippen molar-refractivity contribution in [3.8, 4) is 5.75 Å². The molecule has 0 atom stereocenters. The zero-order valence-corrected chi connectivity index (χ0v) is 10.9. The molecule has 0 saturated carbocycles. The third-order valence-corrected chi connectivity index (χ3v) is 2.80. The number of hydrogen-bond acceptors (Lipinski definition) is 2. The molecule has 2 aromatic rings. The topological polar surface area (TPSA) is 21.3 Å². The first-order valence-corrected chi connectivity index (χ1v) is 6.25. The fourth-order valence-electron chi connectivity index (χ4n) is 1.83. The molecule has 0 spiro atoms. The molecule has 2 rings (SSSR count). The van der Waals surface area contributed by atoms with Gasteiger partial charge >= 0.3 is 0 Å². The van der Waals surface area contributed by atoms with Gasteiger partial charge in [0.25, 0.3) is 0 Å². The smallest absolute Gasteiger partial charge is 0.122 e. The van der Waals surface area contributed by atoms with E-state index in [1.807, 2.05) is 18.2 Å². The van der Waals surface area contributed by atoms with Crippen molar-refractivity contribution in [2.24, 2.45) is 0 Å². The molecule has 0 saturated heterocycles. The van der Waals surface area contributed by atoms with Gasteiger partial charge in [-0.05, 0) is 43.2 Å². The Kier molecular flexibility index (Phi) is 4.24. The van der Waals surface area contributed by atoms with Crippen LogP contribution in [0.15, 0.2) is 48.5 Å². The number of anilines is 1.